The van der Waals surface area contributed by atoms with Crippen molar-refractivity contribution in [3.8, 4) is 5.75 Å². The second-order valence-electron chi connectivity index (χ2n) is 7.43. The van der Waals surface area contributed by atoms with Crippen molar-refractivity contribution in [1.82, 2.24) is 9.88 Å². The zero-order chi connectivity index (χ0) is 23.0. The van der Waals surface area contributed by atoms with E-state index in [0.29, 0.717) is 23.6 Å². The summed E-state index contributed by atoms with van der Waals surface area (Å²) in [7, 11) is 0. The van der Waals surface area contributed by atoms with Gasteiger partial charge in [-0.15, -0.1) is 0 Å². The first-order valence-corrected chi connectivity index (χ1v) is 10.5. The summed E-state index contributed by atoms with van der Waals surface area (Å²) < 4.78 is 70.4. The minimum absolute atomic E-state index is 0.166. The van der Waals surface area contributed by atoms with Gasteiger partial charge >= 0.3 is 12.5 Å². The Kier molecular flexibility index (Phi) is 5.93. The molecule has 2 aromatic carbocycles. The number of ether oxygens (including phenoxy) is 1. The summed E-state index contributed by atoms with van der Waals surface area (Å²) in [5.74, 6) is -1.58. The van der Waals surface area contributed by atoms with Gasteiger partial charge in [-0.3, -0.25) is 4.79 Å². The highest BCUT2D eigenvalue weighted by Crippen LogP contribution is 2.33. The van der Waals surface area contributed by atoms with Crippen molar-refractivity contribution in [2.45, 2.75) is 31.9 Å². The van der Waals surface area contributed by atoms with E-state index < -0.39 is 24.2 Å². The molecule has 32 heavy (non-hydrogen) atoms. The number of hydrogen-bond acceptors (Lipinski definition) is 5. The van der Waals surface area contributed by atoms with Crippen molar-refractivity contribution in [2.24, 2.45) is 0 Å². The molecule has 2 heterocycles. The largest absolute Gasteiger partial charge is 0.461 e. The Bertz CT molecular complexity index is 1150. The van der Waals surface area contributed by atoms with Crippen LogP contribution in [0.25, 0.3) is 10.2 Å². The van der Waals surface area contributed by atoms with Gasteiger partial charge in [0.25, 0.3) is 5.91 Å². The van der Waals surface area contributed by atoms with Gasteiger partial charge in [0.1, 0.15) is 11.6 Å². The van der Waals surface area contributed by atoms with E-state index in [9.17, 15) is 26.7 Å². The molecule has 3 aromatic rings. The van der Waals surface area contributed by atoms with Crippen LogP contribution >= 0.6 is 11.3 Å². The van der Waals surface area contributed by atoms with Crippen molar-refractivity contribution in [3.05, 3.63) is 53.3 Å². The lowest BCUT2D eigenvalue weighted by molar-refractivity contribution is -0.253. The summed E-state index contributed by atoms with van der Waals surface area (Å²) >= 11 is 1.37. The predicted octanol–water partition coefficient (Wildman–Crippen LogP) is 5.31. The molecule has 5 nitrogen and oxygen atoms in total. The number of thiazole rings is 1. The Hall–Kier alpha value is -2.95. The van der Waals surface area contributed by atoms with Gasteiger partial charge < -0.3 is 15.0 Å². The number of nitrogens with one attached hydrogen (secondary N) is 1. The molecule has 170 valence electrons. The van der Waals surface area contributed by atoms with Gasteiger partial charge in [-0.05, 0) is 37.1 Å². The number of fused-ring (bicyclic) bond motifs is 1. The number of carbonyl (C=O) groups excluding carboxylic acids is 1. The third-order valence-electron chi connectivity index (χ3n) is 5.06. The van der Waals surface area contributed by atoms with E-state index >= 15 is 0 Å². The van der Waals surface area contributed by atoms with Gasteiger partial charge in [-0.1, -0.05) is 23.5 Å². The van der Waals surface area contributed by atoms with E-state index in [1.165, 1.54) is 46.6 Å². The zero-order valence-electron chi connectivity index (χ0n) is 16.7. The van der Waals surface area contributed by atoms with E-state index in [1.54, 1.807) is 6.92 Å². The molecule has 1 saturated heterocycles. The number of anilines is 1. The van der Waals surface area contributed by atoms with Crippen molar-refractivity contribution in [3.63, 3.8) is 0 Å². The topological polar surface area (TPSA) is 54.5 Å². The number of rotatable bonds is 6. The van der Waals surface area contributed by atoms with E-state index in [0.717, 1.165) is 16.3 Å². The molecule has 0 aliphatic carbocycles. The number of aryl methyl sites for hydroxylation is 1. The first kappa shape index (κ1) is 22.3. The van der Waals surface area contributed by atoms with Gasteiger partial charge in [0.05, 0.1) is 15.8 Å². The summed E-state index contributed by atoms with van der Waals surface area (Å²) in [6.07, 6.45) is -8.18. The molecule has 0 unspecified atom stereocenters. The standard InChI is InChI=1S/C21H18F5N3O2S/c1-11-8-12(22)9-15-17(11)32-20(28-15)27-13-6-7-29(10-13)18(30)14-4-2-3-5-16(14)31-21(25,26)19(23)24/h2-5,8-9,13,19H,6-7,10H2,1H3,(H,27,28)/t13-/m1/s1. The number of alkyl halides is 4. The summed E-state index contributed by atoms with van der Waals surface area (Å²) in [4.78, 5) is 18.7. The summed E-state index contributed by atoms with van der Waals surface area (Å²) in [5.41, 5.74) is 1.08. The lowest BCUT2D eigenvalue weighted by Gasteiger charge is -2.21. The summed E-state index contributed by atoms with van der Waals surface area (Å²) in [5, 5.41) is 3.80. The Balaban J connectivity index is 1.46. The minimum atomic E-state index is -4.71. The Morgan fingerprint density at radius 1 is 1.31 bits per heavy atom. The Morgan fingerprint density at radius 2 is 2.06 bits per heavy atom. The molecule has 0 spiro atoms. The SMILES string of the molecule is Cc1cc(F)cc2nc(N[C@@H]3CCN(C(=O)c4ccccc4OC(F)(F)C(F)F)C3)sc12. The quantitative estimate of drug-likeness (QED) is 0.496. The van der Waals surface area contributed by atoms with Crippen molar-refractivity contribution in [1.29, 1.82) is 0 Å². The van der Waals surface area contributed by atoms with Crippen LogP contribution in [0, 0.1) is 12.7 Å². The van der Waals surface area contributed by atoms with Crippen LogP contribution in [0.4, 0.5) is 27.1 Å². The molecule has 1 fully saturated rings. The van der Waals surface area contributed by atoms with Crippen LogP contribution in [-0.2, 0) is 0 Å². The molecule has 4 rings (SSSR count). The summed E-state index contributed by atoms with van der Waals surface area (Å²) in [6.45, 7) is 2.37. The molecule has 1 aliphatic heterocycles. The van der Waals surface area contributed by atoms with Gasteiger partial charge in [-0.2, -0.15) is 17.6 Å². The molecule has 1 amide bonds. The van der Waals surface area contributed by atoms with Crippen LogP contribution < -0.4 is 10.1 Å². The molecule has 1 N–H and O–H groups in total. The number of halogens is 5. The van der Waals surface area contributed by atoms with Crippen molar-refractivity contribution < 1.29 is 31.5 Å². The number of nitrogens with zero attached hydrogens (tertiary/aromatic N) is 2. The van der Waals surface area contributed by atoms with Crippen LogP contribution in [-0.4, -0.2) is 47.5 Å². The van der Waals surface area contributed by atoms with E-state index in [2.05, 4.69) is 15.0 Å². The van der Waals surface area contributed by atoms with Gasteiger partial charge in [0.2, 0.25) is 0 Å². The van der Waals surface area contributed by atoms with Crippen LogP contribution in [0.1, 0.15) is 22.3 Å². The highest BCUT2D eigenvalue weighted by atomic mass is 32.1. The van der Waals surface area contributed by atoms with E-state index in [-0.39, 0.29) is 24.0 Å². The average molecular weight is 471 g/mol. The predicted molar refractivity (Wildman–Crippen MR) is 110 cm³/mol. The molecule has 1 atom stereocenters. The smallest absolute Gasteiger partial charge is 0.427 e. The van der Waals surface area contributed by atoms with Crippen LogP contribution in [0.3, 0.4) is 0 Å². The molecular weight excluding hydrogens is 453 g/mol. The molecule has 1 aliphatic rings. The second-order valence-corrected chi connectivity index (χ2v) is 8.43. The Labute approximate surface area is 183 Å². The number of carbonyl (C=O) groups is 1. The fraction of sp³-hybridized carbons (Fsp3) is 0.333. The van der Waals surface area contributed by atoms with Crippen LogP contribution in [0.2, 0.25) is 0 Å². The molecular formula is C21H18F5N3O2S. The molecule has 1 aromatic heterocycles. The molecule has 0 saturated carbocycles. The normalized spacial score (nSPS) is 16.7. The third-order valence-corrected chi connectivity index (χ3v) is 6.20. The molecule has 11 heteroatoms. The number of likely N-dealkylation sites (tertiary alicyclic amines) is 1. The van der Waals surface area contributed by atoms with Crippen LogP contribution in [0.5, 0.6) is 5.75 Å². The van der Waals surface area contributed by atoms with Gasteiger partial charge in [-0.25, -0.2) is 9.37 Å². The average Bonchev–Trinajstić information content (AvgIpc) is 3.34. The zero-order valence-corrected chi connectivity index (χ0v) is 17.6. The van der Waals surface area contributed by atoms with E-state index in [1.807, 2.05) is 0 Å². The lowest BCUT2D eigenvalue weighted by Crippen LogP contribution is -2.35. The van der Waals surface area contributed by atoms with Gasteiger partial charge in [0.15, 0.2) is 5.13 Å². The first-order valence-electron chi connectivity index (χ1n) is 9.70. The monoisotopic (exact) mass is 471 g/mol. The highest BCUT2D eigenvalue weighted by Gasteiger charge is 2.45. The number of aromatic nitrogens is 1. The number of benzene rings is 2. The minimum Gasteiger partial charge on any atom is -0.427 e. The maximum atomic E-state index is 13.6. The maximum absolute atomic E-state index is 13.6. The summed E-state index contributed by atoms with van der Waals surface area (Å²) in [6, 6.07) is 7.68. The van der Waals surface area contributed by atoms with Gasteiger partial charge in [0, 0.05) is 25.2 Å². The fourth-order valence-corrected chi connectivity index (χ4v) is 4.54. The Morgan fingerprint density at radius 3 is 2.81 bits per heavy atom. The van der Waals surface area contributed by atoms with Crippen molar-refractivity contribution >= 4 is 32.6 Å². The molecule has 0 bridgehead atoms. The maximum Gasteiger partial charge on any atom is 0.461 e. The second kappa shape index (κ2) is 8.53. The number of hydrogen-bond donors (Lipinski definition) is 1. The third kappa shape index (κ3) is 4.47. The number of para-hydroxylation sites is 1. The van der Waals surface area contributed by atoms with E-state index in [4.69, 9.17) is 0 Å². The van der Waals surface area contributed by atoms with Crippen molar-refractivity contribution in [2.75, 3.05) is 18.4 Å². The molecule has 0 radical (unpaired) electrons. The fourth-order valence-electron chi connectivity index (χ4n) is 3.55. The number of amides is 1. The lowest BCUT2D eigenvalue weighted by atomic mass is 10.1. The highest BCUT2D eigenvalue weighted by molar-refractivity contribution is 7.22. The van der Waals surface area contributed by atoms with Crippen LogP contribution in [0.15, 0.2) is 36.4 Å². The first-order chi connectivity index (χ1) is 15.1.